The molecule has 0 aliphatic heterocycles. The van der Waals surface area contributed by atoms with Gasteiger partial charge in [0.05, 0.1) is 6.42 Å². The van der Waals surface area contributed by atoms with Gasteiger partial charge in [0, 0.05) is 0 Å². The number of benzene rings is 2. The van der Waals surface area contributed by atoms with E-state index in [0.29, 0.717) is 11.1 Å². The van der Waals surface area contributed by atoms with E-state index < -0.39 is 29.5 Å². The van der Waals surface area contributed by atoms with Crippen molar-refractivity contribution in [3.05, 3.63) is 65.7 Å². The molecule has 2 rings (SSSR count). The lowest BCUT2D eigenvalue weighted by Gasteiger charge is -2.28. The third-order valence-corrected chi connectivity index (χ3v) is 3.73. The van der Waals surface area contributed by atoms with Crippen LogP contribution in [0.4, 0.5) is 13.2 Å². The molecule has 1 unspecified atom stereocenters. The van der Waals surface area contributed by atoms with Crippen LogP contribution in [0.2, 0.25) is 0 Å². The van der Waals surface area contributed by atoms with E-state index in [0.717, 1.165) is 12.1 Å². The van der Waals surface area contributed by atoms with Gasteiger partial charge in [-0.3, -0.25) is 9.59 Å². The predicted octanol–water partition coefficient (Wildman–Crippen LogP) is 2.64. The number of nitrogens with one attached hydrogen (secondary N) is 1. The average Bonchev–Trinajstić information content (AvgIpc) is 2.54. The maximum atomic E-state index is 12.3. The molecule has 2 aromatic rings. The molecule has 0 aliphatic carbocycles. The summed E-state index contributed by atoms with van der Waals surface area (Å²) in [4.78, 5) is 24.2. The Balaban J connectivity index is 2.14. The number of rotatable bonds is 6. The lowest BCUT2D eigenvalue weighted by Crippen LogP contribution is -2.53. The van der Waals surface area contributed by atoms with Crippen LogP contribution in [0.3, 0.4) is 0 Å². The second-order valence-corrected chi connectivity index (χ2v) is 5.78. The van der Waals surface area contributed by atoms with Crippen molar-refractivity contribution in [1.29, 1.82) is 0 Å². The Kier molecular flexibility index (Phi) is 5.54. The number of ether oxygens (including phenoxy) is 1. The van der Waals surface area contributed by atoms with Crippen LogP contribution < -0.4 is 15.8 Å². The molecule has 0 radical (unpaired) electrons. The van der Waals surface area contributed by atoms with Crippen LogP contribution in [0.25, 0.3) is 0 Å². The number of carbonyl (C=O) groups excluding carboxylic acids is 2. The minimum atomic E-state index is -4.82. The number of hydrogen-bond acceptors (Lipinski definition) is 3. The lowest BCUT2D eigenvalue weighted by atomic mass is 9.91. The van der Waals surface area contributed by atoms with Gasteiger partial charge in [0.15, 0.2) is 0 Å². The Morgan fingerprint density at radius 1 is 1.08 bits per heavy atom. The highest BCUT2D eigenvalue weighted by molar-refractivity contribution is 5.91. The zero-order valence-electron chi connectivity index (χ0n) is 13.8. The van der Waals surface area contributed by atoms with Gasteiger partial charge in [-0.15, -0.1) is 13.2 Å². The molecule has 0 aliphatic rings. The molecule has 0 saturated carbocycles. The highest BCUT2D eigenvalue weighted by Crippen LogP contribution is 2.24. The van der Waals surface area contributed by atoms with E-state index in [4.69, 9.17) is 5.73 Å². The van der Waals surface area contributed by atoms with E-state index in [1.54, 1.807) is 30.3 Å². The molecular weight excluding hydrogens is 349 g/mol. The maximum absolute atomic E-state index is 12.3. The van der Waals surface area contributed by atoms with Gasteiger partial charge in [-0.1, -0.05) is 42.5 Å². The summed E-state index contributed by atoms with van der Waals surface area (Å²) in [6, 6.07) is 13.5. The summed E-state index contributed by atoms with van der Waals surface area (Å²) in [6.45, 7) is 1.46. The predicted molar refractivity (Wildman–Crippen MR) is 88.0 cm³/mol. The average molecular weight is 366 g/mol. The molecule has 0 saturated heterocycles. The first kappa shape index (κ1) is 19.3. The van der Waals surface area contributed by atoms with Gasteiger partial charge in [-0.25, -0.2) is 0 Å². The minimum Gasteiger partial charge on any atom is -0.406 e. The molecule has 138 valence electrons. The van der Waals surface area contributed by atoms with Crippen LogP contribution in [-0.4, -0.2) is 18.2 Å². The number of primary amides is 1. The van der Waals surface area contributed by atoms with E-state index >= 15 is 0 Å². The summed E-state index contributed by atoms with van der Waals surface area (Å²) in [7, 11) is 0. The van der Waals surface area contributed by atoms with E-state index in [1.807, 2.05) is 0 Å². The van der Waals surface area contributed by atoms with E-state index in [2.05, 4.69) is 10.1 Å². The van der Waals surface area contributed by atoms with Gasteiger partial charge in [-0.05, 0) is 30.2 Å². The fourth-order valence-corrected chi connectivity index (χ4v) is 2.41. The van der Waals surface area contributed by atoms with Crippen LogP contribution in [0.15, 0.2) is 54.6 Å². The molecule has 2 amide bonds. The quantitative estimate of drug-likeness (QED) is 0.825. The molecule has 26 heavy (non-hydrogen) atoms. The van der Waals surface area contributed by atoms with Crippen molar-refractivity contribution < 1.29 is 27.5 Å². The number of nitrogens with two attached hydrogens (primary N) is 1. The van der Waals surface area contributed by atoms with Gasteiger partial charge >= 0.3 is 6.36 Å². The molecule has 8 heteroatoms. The van der Waals surface area contributed by atoms with Crippen molar-refractivity contribution >= 4 is 11.8 Å². The maximum Gasteiger partial charge on any atom is 0.573 e. The highest BCUT2D eigenvalue weighted by Gasteiger charge is 2.35. The zero-order chi connectivity index (χ0) is 19.4. The van der Waals surface area contributed by atoms with Crippen molar-refractivity contribution in [1.82, 2.24) is 5.32 Å². The smallest absolute Gasteiger partial charge is 0.406 e. The van der Waals surface area contributed by atoms with Gasteiger partial charge < -0.3 is 15.8 Å². The van der Waals surface area contributed by atoms with E-state index in [1.165, 1.54) is 19.1 Å². The Labute approximate surface area is 148 Å². The first-order chi connectivity index (χ1) is 12.1. The standard InChI is InChI=1S/C18H17F3N2O3/c1-17(16(22)25,13-7-3-2-4-8-13)23-15(24)11-12-6-5-9-14(10-12)26-18(19,20)21/h2-10H,11H2,1H3,(H2,22,25)(H,23,24). The third kappa shape index (κ3) is 4.98. The Hall–Kier alpha value is -3.03. The van der Waals surface area contributed by atoms with Gasteiger partial charge in [0.25, 0.3) is 0 Å². The van der Waals surface area contributed by atoms with Crippen molar-refractivity contribution in [3.8, 4) is 5.75 Å². The summed E-state index contributed by atoms with van der Waals surface area (Å²) in [5.41, 5.74) is 4.78. The van der Waals surface area contributed by atoms with Crippen LogP contribution in [0.5, 0.6) is 5.75 Å². The third-order valence-electron chi connectivity index (χ3n) is 3.73. The number of halogens is 3. The Morgan fingerprint density at radius 2 is 1.73 bits per heavy atom. The fourth-order valence-electron chi connectivity index (χ4n) is 2.41. The van der Waals surface area contributed by atoms with Crippen LogP contribution >= 0.6 is 0 Å². The molecule has 1 atom stereocenters. The van der Waals surface area contributed by atoms with Crippen molar-refractivity contribution in [2.75, 3.05) is 0 Å². The normalized spacial score (nSPS) is 13.5. The second kappa shape index (κ2) is 7.47. The van der Waals surface area contributed by atoms with E-state index in [-0.39, 0.29) is 6.42 Å². The number of carbonyl (C=O) groups is 2. The van der Waals surface area contributed by atoms with Gasteiger partial charge in [0.2, 0.25) is 11.8 Å². The van der Waals surface area contributed by atoms with Crippen LogP contribution in [0.1, 0.15) is 18.1 Å². The summed E-state index contributed by atoms with van der Waals surface area (Å²) >= 11 is 0. The van der Waals surface area contributed by atoms with Crippen molar-refractivity contribution in [3.63, 3.8) is 0 Å². The number of amides is 2. The Bertz CT molecular complexity index is 794. The molecule has 0 spiro atoms. The summed E-state index contributed by atoms with van der Waals surface area (Å²) in [5, 5.41) is 2.55. The molecule has 0 heterocycles. The highest BCUT2D eigenvalue weighted by atomic mass is 19.4. The molecule has 3 N–H and O–H groups in total. The first-order valence-electron chi connectivity index (χ1n) is 7.61. The van der Waals surface area contributed by atoms with Crippen LogP contribution in [0, 0.1) is 0 Å². The summed E-state index contributed by atoms with van der Waals surface area (Å²) in [6.07, 6.45) is -5.07. The minimum absolute atomic E-state index is 0.245. The van der Waals surface area contributed by atoms with Crippen LogP contribution in [-0.2, 0) is 21.5 Å². The van der Waals surface area contributed by atoms with E-state index in [9.17, 15) is 22.8 Å². The topological polar surface area (TPSA) is 81.4 Å². The summed E-state index contributed by atoms with van der Waals surface area (Å²) < 4.78 is 40.7. The number of alkyl halides is 3. The zero-order valence-corrected chi connectivity index (χ0v) is 13.8. The fraction of sp³-hybridized carbons (Fsp3) is 0.222. The number of hydrogen-bond donors (Lipinski definition) is 2. The summed E-state index contributed by atoms with van der Waals surface area (Å²) in [5.74, 6) is -1.76. The monoisotopic (exact) mass is 366 g/mol. The molecule has 2 aromatic carbocycles. The molecule has 5 nitrogen and oxygen atoms in total. The second-order valence-electron chi connectivity index (χ2n) is 5.78. The molecule has 0 fully saturated rings. The van der Waals surface area contributed by atoms with Crippen molar-refractivity contribution in [2.45, 2.75) is 25.2 Å². The SMILES string of the molecule is CC(NC(=O)Cc1cccc(OC(F)(F)F)c1)(C(N)=O)c1ccccc1. The van der Waals surface area contributed by atoms with Crippen molar-refractivity contribution in [2.24, 2.45) is 5.73 Å². The molecular formula is C18H17F3N2O3. The van der Waals surface area contributed by atoms with Gasteiger partial charge in [0.1, 0.15) is 11.3 Å². The molecule has 0 bridgehead atoms. The molecule has 0 aromatic heterocycles. The largest absolute Gasteiger partial charge is 0.573 e. The Morgan fingerprint density at radius 3 is 2.31 bits per heavy atom. The lowest BCUT2D eigenvalue weighted by molar-refractivity contribution is -0.274. The first-order valence-corrected chi connectivity index (χ1v) is 7.61. The van der Waals surface area contributed by atoms with Gasteiger partial charge in [-0.2, -0.15) is 0 Å².